The van der Waals surface area contributed by atoms with Crippen LogP contribution in [0.4, 0.5) is 5.69 Å². The largest absolute Gasteiger partial charge is 0.493 e. The van der Waals surface area contributed by atoms with Gasteiger partial charge in [-0.3, -0.25) is 4.79 Å². The Hall–Kier alpha value is -3.00. The molecule has 1 N–H and O–H groups in total. The number of anilines is 1. The number of benzene rings is 2. The molecular weight excluding hydrogens is 442 g/mol. The number of methoxy groups -OCH3 is 3. The molecule has 0 aliphatic rings. The second-order valence-corrected chi connectivity index (χ2v) is 6.79. The summed E-state index contributed by atoms with van der Waals surface area (Å²) in [5.41, 5.74) is 2.30. The fourth-order valence-electron chi connectivity index (χ4n) is 2.45. The second kappa shape index (κ2) is 10.5. The highest BCUT2D eigenvalue weighted by molar-refractivity contribution is 9.10. The topological polar surface area (TPSA) is 83.1 Å². The third-order valence-electron chi connectivity index (χ3n) is 3.84. The molecule has 0 aromatic heterocycles. The van der Waals surface area contributed by atoms with Gasteiger partial charge in [-0.15, -0.1) is 0 Å². The summed E-state index contributed by atoms with van der Waals surface area (Å²) in [6, 6.07) is 8.89. The van der Waals surface area contributed by atoms with Gasteiger partial charge in [-0.05, 0) is 64.3 Å². The Kier molecular flexibility index (Phi) is 8.09. The Morgan fingerprint density at radius 1 is 1.03 bits per heavy atom. The van der Waals surface area contributed by atoms with E-state index in [0.717, 1.165) is 10.0 Å². The van der Waals surface area contributed by atoms with E-state index in [-0.39, 0.29) is 0 Å². The quantitative estimate of drug-likeness (QED) is 0.470. The number of hydrogen-bond donors (Lipinski definition) is 1. The van der Waals surface area contributed by atoms with E-state index in [4.69, 9.17) is 18.9 Å². The van der Waals surface area contributed by atoms with Gasteiger partial charge in [-0.1, -0.05) is 6.07 Å². The fourth-order valence-corrected chi connectivity index (χ4v) is 3.05. The molecule has 154 valence electrons. The van der Waals surface area contributed by atoms with Gasteiger partial charge in [-0.25, -0.2) is 4.79 Å². The summed E-state index contributed by atoms with van der Waals surface area (Å²) in [4.78, 5) is 23.9. The molecule has 1 amide bonds. The molecule has 0 radical (unpaired) electrons. The number of amides is 1. The van der Waals surface area contributed by atoms with Crippen molar-refractivity contribution in [2.45, 2.75) is 6.92 Å². The van der Waals surface area contributed by atoms with Gasteiger partial charge < -0.3 is 24.3 Å². The van der Waals surface area contributed by atoms with Crippen molar-refractivity contribution in [2.24, 2.45) is 0 Å². The molecule has 0 saturated heterocycles. The summed E-state index contributed by atoms with van der Waals surface area (Å²) < 4.78 is 21.5. The van der Waals surface area contributed by atoms with Crippen LogP contribution < -0.4 is 19.5 Å². The zero-order valence-electron chi connectivity index (χ0n) is 16.6. The summed E-state index contributed by atoms with van der Waals surface area (Å²) in [5.74, 6) is 0.278. The first-order chi connectivity index (χ1) is 13.9. The summed E-state index contributed by atoms with van der Waals surface area (Å²) in [6.07, 6.45) is 2.75. The average Bonchev–Trinajstić information content (AvgIpc) is 2.71. The van der Waals surface area contributed by atoms with E-state index >= 15 is 0 Å². The molecule has 29 heavy (non-hydrogen) atoms. The molecule has 8 heteroatoms. The fraction of sp³-hybridized carbons (Fsp3) is 0.238. The molecule has 0 fully saturated rings. The number of aryl methyl sites for hydroxylation is 1. The molecule has 0 bridgehead atoms. The van der Waals surface area contributed by atoms with Crippen LogP contribution in [-0.2, 0) is 14.3 Å². The summed E-state index contributed by atoms with van der Waals surface area (Å²) >= 11 is 3.38. The lowest BCUT2D eigenvalue weighted by Gasteiger charge is -2.12. The predicted octanol–water partition coefficient (Wildman–Crippen LogP) is 3.98. The minimum Gasteiger partial charge on any atom is -0.493 e. The lowest BCUT2D eigenvalue weighted by Crippen LogP contribution is -2.20. The van der Waals surface area contributed by atoms with Crippen molar-refractivity contribution in [3.8, 4) is 17.2 Å². The number of rotatable bonds is 8. The number of halogens is 1. The standard InChI is InChI=1S/C21H22BrNO6/c1-13-5-7-16(15(22)9-13)23-19(24)12-29-20(25)8-6-14-10-17(26-2)21(28-4)18(11-14)27-3/h5-11H,12H2,1-4H3,(H,23,24)/b8-6+. The molecule has 0 spiro atoms. The van der Waals surface area contributed by atoms with Gasteiger partial charge >= 0.3 is 5.97 Å². The van der Waals surface area contributed by atoms with Crippen LogP contribution in [0.25, 0.3) is 6.08 Å². The minimum absolute atomic E-state index is 0.404. The van der Waals surface area contributed by atoms with Crippen LogP contribution in [0.15, 0.2) is 40.9 Å². The minimum atomic E-state index is -0.656. The monoisotopic (exact) mass is 463 g/mol. The molecule has 0 heterocycles. The van der Waals surface area contributed by atoms with Crippen molar-refractivity contribution in [1.82, 2.24) is 0 Å². The molecule has 2 aromatic rings. The van der Waals surface area contributed by atoms with E-state index in [2.05, 4.69) is 21.2 Å². The summed E-state index contributed by atoms with van der Waals surface area (Å²) in [7, 11) is 4.52. The zero-order chi connectivity index (χ0) is 21.4. The van der Waals surface area contributed by atoms with E-state index in [0.29, 0.717) is 28.5 Å². The van der Waals surface area contributed by atoms with Crippen LogP contribution in [0.5, 0.6) is 17.2 Å². The van der Waals surface area contributed by atoms with Crippen molar-refractivity contribution < 1.29 is 28.5 Å². The highest BCUT2D eigenvalue weighted by atomic mass is 79.9. The first-order valence-electron chi connectivity index (χ1n) is 8.58. The molecule has 7 nitrogen and oxygen atoms in total. The molecule has 0 atom stereocenters. The van der Waals surface area contributed by atoms with Crippen molar-refractivity contribution in [3.05, 3.63) is 52.0 Å². The van der Waals surface area contributed by atoms with Crippen LogP contribution in [0.3, 0.4) is 0 Å². The maximum absolute atomic E-state index is 12.0. The van der Waals surface area contributed by atoms with Crippen molar-refractivity contribution in [3.63, 3.8) is 0 Å². The van der Waals surface area contributed by atoms with E-state index in [1.807, 2.05) is 19.1 Å². The Labute approximate surface area is 177 Å². The van der Waals surface area contributed by atoms with Crippen LogP contribution >= 0.6 is 15.9 Å². The Morgan fingerprint density at radius 3 is 2.24 bits per heavy atom. The van der Waals surface area contributed by atoms with Gasteiger partial charge in [0.05, 0.1) is 27.0 Å². The average molecular weight is 464 g/mol. The highest BCUT2D eigenvalue weighted by Crippen LogP contribution is 2.38. The second-order valence-electron chi connectivity index (χ2n) is 5.93. The van der Waals surface area contributed by atoms with E-state index in [1.54, 1.807) is 18.2 Å². The number of esters is 1. The number of ether oxygens (including phenoxy) is 4. The SMILES string of the molecule is COc1cc(/C=C/C(=O)OCC(=O)Nc2ccc(C)cc2Br)cc(OC)c1OC. The van der Waals surface area contributed by atoms with E-state index < -0.39 is 18.5 Å². The number of hydrogen-bond acceptors (Lipinski definition) is 6. The molecular formula is C21H22BrNO6. The van der Waals surface area contributed by atoms with Crippen LogP contribution in [0.2, 0.25) is 0 Å². The number of nitrogens with one attached hydrogen (secondary N) is 1. The molecule has 0 saturated carbocycles. The first-order valence-corrected chi connectivity index (χ1v) is 9.38. The van der Waals surface area contributed by atoms with Gasteiger partial charge in [0.2, 0.25) is 5.75 Å². The Morgan fingerprint density at radius 2 is 1.69 bits per heavy atom. The normalized spacial score (nSPS) is 10.5. The molecule has 2 aromatic carbocycles. The van der Waals surface area contributed by atoms with Crippen molar-refractivity contribution in [2.75, 3.05) is 33.3 Å². The lowest BCUT2D eigenvalue weighted by atomic mass is 10.1. The third kappa shape index (κ3) is 6.25. The van der Waals surface area contributed by atoms with Gasteiger partial charge in [0.15, 0.2) is 18.1 Å². The van der Waals surface area contributed by atoms with E-state index in [9.17, 15) is 9.59 Å². The van der Waals surface area contributed by atoms with Crippen molar-refractivity contribution in [1.29, 1.82) is 0 Å². The first kappa shape index (κ1) is 22.3. The highest BCUT2D eigenvalue weighted by Gasteiger charge is 2.12. The molecule has 0 unspecified atom stereocenters. The van der Waals surface area contributed by atoms with Crippen LogP contribution in [-0.4, -0.2) is 39.8 Å². The number of carbonyl (C=O) groups is 2. The van der Waals surface area contributed by atoms with Gasteiger partial charge in [0.25, 0.3) is 5.91 Å². The van der Waals surface area contributed by atoms with Crippen LogP contribution in [0, 0.1) is 6.92 Å². The Balaban J connectivity index is 1.96. The van der Waals surface area contributed by atoms with E-state index in [1.165, 1.54) is 33.5 Å². The zero-order valence-corrected chi connectivity index (χ0v) is 18.2. The predicted molar refractivity (Wildman–Crippen MR) is 114 cm³/mol. The lowest BCUT2D eigenvalue weighted by molar-refractivity contribution is -0.142. The van der Waals surface area contributed by atoms with Crippen LogP contribution in [0.1, 0.15) is 11.1 Å². The summed E-state index contributed by atoms with van der Waals surface area (Å²) in [6.45, 7) is 1.54. The smallest absolute Gasteiger partial charge is 0.331 e. The molecule has 2 rings (SSSR count). The van der Waals surface area contributed by atoms with Gasteiger partial charge in [-0.2, -0.15) is 0 Å². The van der Waals surface area contributed by atoms with Gasteiger partial charge in [0, 0.05) is 10.5 Å². The molecule has 0 aliphatic carbocycles. The van der Waals surface area contributed by atoms with Crippen molar-refractivity contribution >= 4 is 39.6 Å². The third-order valence-corrected chi connectivity index (χ3v) is 4.50. The molecule has 0 aliphatic heterocycles. The maximum Gasteiger partial charge on any atom is 0.331 e. The Bertz CT molecular complexity index is 900. The maximum atomic E-state index is 12.0. The summed E-state index contributed by atoms with van der Waals surface area (Å²) in [5, 5.41) is 2.68. The van der Waals surface area contributed by atoms with Gasteiger partial charge in [0.1, 0.15) is 0 Å². The number of carbonyl (C=O) groups excluding carboxylic acids is 2.